The quantitative estimate of drug-likeness (QED) is 0.743. The van der Waals surface area contributed by atoms with Gasteiger partial charge in [-0.2, -0.15) is 0 Å². The molecule has 23 heavy (non-hydrogen) atoms. The third-order valence-corrected chi connectivity index (χ3v) is 5.22. The average molecular weight is 349 g/mol. The van der Waals surface area contributed by atoms with Crippen molar-refractivity contribution in [2.75, 3.05) is 6.26 Å². The van der Waals surface area contributed by atoms with Crippen LogP contribution in [0.3, 0.4) is 0 Å². The Kier molecular flexibility index (Phi) is 4.52. The molecule has 3 aromatic rings. The van der Waals surface area contributed by atoms with E-state index in [4.69, 9.17) is 0 Å². The second-order valence-corrected chi connectivity index (χ2v) is 8.71. The number of sulfone groups is 1. The number of aryl methyl sites for hydroxylation is 1. The topological polar surface area (TPSA) is 63.5 Å². The molecule has 1 aromatic carbocycles. The predicted octanol–water partition coefficient (Wildman–Crippen LogP) is 2.54. The van der Waals surface area contributed by atoms with E-state index in [-0.39, 0.29) is 5.75 Å². The van der Waals surface area contributed by atoms with Gasteiger partial charge in [-0.25, -0.2) is 13.4 Å². The first-order valence-electron chi connectivity index (χ1n) is 7.30. The average Bonchev–Trinajstić information content (AvgIpc) is 3.00. The van der Waals surface area contributed by atoms with Crippen molar-refractivity contribution in [1.29, 1.82) is 0 Å². The zero-order valence-electron chi connectivity index (χ0n) is 13.1. The van der Waals surface area contributed by atoms with Crippen molar-refractivity contribution in [3.63, 3.8) is 0 Å². The van der Waals surface area contributed by atoms with E-state index in [1.54, 1.807) is 11.3 Å². The second kappa shape index (κ2) is 6.43. The maximum Gasteiger partial charge on any atom is 0.194 e. The molecule has 0 aliphatic rings. The van der Waals surface area contributed by atoms with Crippen molar-refractivity contribution in [3.05, 3.63) is 58.4 Å². The zero-order valence-corrected chi connectivity index (χ0v) is 14.7. The Balaban J connectivity index is 1.66. The van der Waals surface area contributed by atoms with Crippen molar-refractivity contribution in [3.8, 4) is 0 Å². The Morgan fingerprint density at radius 3 is 2.83 bits per heavy atom. The largest absolute Gasteiger partial charge is 0.307 e. The number of aromatic nitrogens is 2. The lowest BCUT2D eigenvalue weighted by Gasteiger charge is -2.07. The minimum Gasteiger partial charge on any atom is -0.307 e. The van der Waals surface area contributed by atoms with Crippen LogP contribution in [-0.2, 0) is 28.7 Å². The molecule has 0 amide bonds. The highest BCUT2D eigenvalue weighted by atomic mass is 32.2. The first-order valence-corrected chi connectivity index (χ1v) is 10.2. The Morgan fingerprint density at radius 1 is 1.26 bits per heavy atom. The minimum atomic E-state index is -3.00. The number of hydrogen-bond acceptors (Lipinski definition) is 5. The van der Waals surface area contributed by atoms with E-state index in [1.165, 1.54) is 6.26 Å². The fourth-order valence-corrected chi connectivity index (χ4v) is 4.17. The lowest BCUT2D eigenvalue weighted by molar-refractivity contribution is 0.601. The third kappa shape index (κ3) is 3.99. The van der Waals surface area contributed by atoms with Crippen LogP contribution in [0.25, 0.3) is 4.96 Å². The van der Waals surface area contributed by atoms with Crippen molar-refractivity contribution >= 4 is 26.1 Å². The molecule has 0 radical (unpaired) electrons. The minimum absolute atomic E-state index is 0.0814. The number of benzene rings is 1. The normalized spacial score (nSPS) is 12.1. The maximum atomic E-state index is 11.4. The van der Waals surface area contributed by atoms with Gasteiger partial charge in [0.2, 0.25) is 0 Å². The lowest BCUT2D eigenvalue weighted by Crippen LogP contribution is -2.15. The lowest BCUT2D eigenvalue weighted by atomic mass is 10.1. The van der Waals surface area contributed by atoms with Gasteiger partial charge in [-0.15, -0.1) is 11.3 Å². The van der Waals surface area contributed by atoms with Crippen LogP contribution in [0.4, 0.5) is 0 Å². The molecule has 5 nitrogen and oxygen atoms in total. The fourth-order valence-electron chi connectivity index (χ4n) is 2.61. The monoisotopic (exact) mass is 349 g/mol. The van der Waals surface area contributed by atoms with Crippen LogP contribution in [0, 0.1) is 6.92 Å². The van der Waals surface area contributed by atoms with E-state index in [0.29, 0.717) is 6.54 Å². The van der Waals surface area contributed by atoms with Crippen LogP contribution >= 0.6 is 11.3 Å². The summed E-state index contributed by atoms with van der Waals surface area (Å²) < 4.78 is 24.9. The number of hydrogen-bond donors (Lipinski definition) is 1. The predicted molar refractivity (Wildman–Crippen MR) is 93.3 cm³/mol. The van der Waals surface area contributed by atoms with E-state index in [2.05, 4.69) is 14.7 Å². The number of nitrogens with one attached hydrogen (secondary N) is 1. The van der Waals surface area contributed by atoms with Gasteiger partial charge in [0.25, 0.3) is 0 Å². The summed E-state index contributed by atoms with van der Waals surface area (Å²) >= 11 is 1.63. The molecule has 0 saturated carbocycles. The first kappa shape index (κ1) is 16.2. The van der Waals surface area contributed by atoms with E-state index < -0.39 is 9.84 Å². The Bertz CT molecular complexity index is 926. The van der Waals surface area contributed by atoms with E-state index in [9.17, 15) is 8.42 Å². The molecule has 2 aromatic heterocycles. The van der Waals surface area contributed by atoms with Gasteiger partial charge >= 0.3 is 0 Å². The van der Waals surface area contributed by atoms with Gasteiger partial charge in [-0.3, -0.25) is 4.40 Å². The summed E-state index contributed by atoms with van der Waals surface area (Å²) in [6, 6.07) is 7.69. The van der Waals surface area contributed by atoms with Crippen LogP contribution in [0.1, 0.15) is 22.5 Å². The Morgan fingerprint density at radius 2 is 2.04 bits per heavy atom. The van der Waals surface area contributed by atoms with Crippen LogP contribution in [0.5, 0.6) is 0 Å². The number of nitrogens with zero attached hydrogens (tertiary/aromatic N) is 2. The highest BCUT2D eigenvalue weighted by molar-refractivity contribution is 7.89. The fraction of sp³-hybridized carbons (Fsp3) is 0.312. The van der Waals surface area contributed by atoms with E-state index >= 15 is 0 Å². The second-order valence-electron chi connectivity index (χ2n) is 5.69. The van der Waals surface area contributed by atoms with Gasteiger partial charge in [-0.1, -0.05) is 24.3 Å². The SMILES string of the molecule is Cc1nc2sccn2c1CNCc1cccc(CS(C)(=O)=O)c1. The van der Waals surface area contributed by atoms with Gasteiger partial charge in [-0.05, 0) is 18.1 Å². The van der Waals surface area contributed by atoms with Gasteiger partial charge in [0, 0.05) is 30.9 Å². The molecule has 3 rings (SSSR count). The van der Waals surface area contributed by atoms with Gasteiger partial charge in [0.05, 0.1) is 17.1 Å². The molecule has 0 spiro atoms. The van der Waals surface area contributed by atoms with Crippen LogP contribution in [0.15, 0.2) is 35.8 Å². The molecule has 7 heteroatoms. The van der Waals surface area contributed by atoms with Crippen LogP contribution in [0.2, 0.25) is 0 Å². The highest BCUT2D eigenvalue weighted by Gasteiger charge is 2.09. The molecule has 0 unspecified atom stereocenters. The molecule has 0 atom stereocenters. The maximum absolute atomic E-state index is 11.4. The van der Waals surface area contributed by atoms with Crippen molar-refractivity contribution < 1.29 is 8.42 Å². The Labute approximate surface area is 139 Å². The summed E-state index contributed by atoms with van der Waals surface area (Å²) in [7, 11) is -3.00. The van der Waals surface area contributed by atoms with Gasteiger partial charge in [0.1, 0.15) is 0 Å². The number of fused-ring (bicyclic) bond motifs is 1. The molecule has 122 valence electrons. The molecular formula is C16H19N3O2S2. The molecule has 0 fully saturated rings. The number of thiazole rings is 1. The summed E-state index contributed by atoms with van der Waals surface area (Å²) in [5, 5.41) is 5.44. The number of imidazole rings is 1. The molecule has 0 saturated heterocycles. The molecular weight excluding hydrogens is 330 g/mol. The molecule has 2 heterocycles. The van der Waals surface area contributed by atoms with Crippen LogP contribution in [-0.4, -0.2) is 24.1 Å². The first-order chi connectivity index (χ1) is 10.9. The van der Waals surface area contributed by atoms with Crippen molar-refractivity contribution in [2.24, 2.45) is 0 Å². The molecule has 0 bridgehead atoms. The highest BCUT2D eigenvalue weighted by Crippen LogP contribution is 2.16. The van der Waals surface area contributed by atoms with Gasteiger partial charge < -0.3 is 5.32 Å². The van der Waals surface area contributed by atoms with Crippen molar-refractivity contribution in [1.82, 2.24) is 14.7 Å². The van der Waals surface area contributed by atoms with E-state index in [0.717, 1.165) is 34.0 Å². The summed E-state index contributed by atoms with van der Waals surface area (Å²) in [5.74, 6) is 0.0814. The Hall–Kier alpha value is -1.70. The third-order valence-electron chi connectivity index (χ3n) is 3.60. The van der Waals surface area contributed by atoms with Gasteiger partial charge in [0.15, 0.2) is 14.8 Å². The zero-order chi connectivity index (χ0) is 16.4. The summed E-state index contributed by atoms with van der Waals surface area (Å²) in [5.41, 5.74) is 4.10. The molecule has 1 N–H and O–H groups in total. The summed E-state index contributed by atoms with van der Waals surface area (Å²) in [6.07, 6.45) is 3.29. The number of rotatable bonds is 6. The van der Waals surface area contributed by atoms with E-state index in [1.807, 2.05) is 42.8 Å². The summed E-state index contributed by atoms with van der Waals surface area (Å²) in [6.45, 7) is 3.43. The standard InChI is InChI=1S/C16H19N3O2S2/c1-12-15(19-6-7-22-16(19)18-12)10-17-9-13-4-3-5-14(8-13)11-23(2,20)21/h3-8,17H,9-11H2,1-2H3. The molecule has 0 aliphatic carbocycles. The smallest absolute Gasteiger partial charge is 0.194 e. The molecule has 0 aliphatic heterocycles. The summed E-state index contributed by atoms with van der Waals surface area (Å²) in [4.78, 5) is 5.54. The van der Waals surface area contributed by atoms with Crippen molar-refractivity contribution in [2.45, 2.75) is 25.8 Å². The van der Waals surface area contributed by atoms with Crippen LogP contribution < -0.4 is 5.32 Å².